The van der Waals surface area contributed by atoms with Crippen LogP contribution in [0.15, 0.2) is 36.0 Å². The zero-order valence-electron chi connectivity index (χ0n) is 13.1. The van der Waals surface area contributed by atoms with Crippen LogP contribution >= 0.6 is 0 Å². The third-order valence-electron chi connectivity index (χ3n) is 2.34. The molecule has 0 bridgehead atoms. The second-order valence-corrected chi connectivity index (χ2v) is 4.56. The minimum Gasteiger partial charge on any atom is -0.481 e. The van der Waals surface area contributed by atoms with Crippen molar-refractivity contribution in [2.75, 3.05) is 0 Å². The Morgan fingerprint density at radius 2 is 1.20 bits per heavy atom. The number of carboxylic acids is 2. The van der Waals surface area contributed by atoms with Crippen molar-refractivity contribution in [3.05, 3.63) is 36.0 Å². The fourth-order valence-electron chi connectivity index (χ4n) is 1.17. The Hall–Kier alpha value is -3.56. The average molecular weight is 354 g/mol. The largest absolute Gasteiger partial charge is 0.481 e. The van der Waals surface area contributed by atoms with E-state index in [1.165, 1.54) is 0 Å². The molecular formula is C15H14O10. The molecule has 0 aliphatic carbocycles. The molecule has 10 nitrogen and oxygen atoms in total. The molecule has 0 aromatic heterocycles. The zero-order valence-corrected chi connectivity index (χ0v) is 13.1. The smallest absolute Gasteiger partial charge is 0.341 e. The summed E-state index contributed by atoms with van der Waals surface area (Å²) in [5, 5.41) is 16.9. The summed E-state index contributed by atoms with van der Waals surface area (Å²) in [6.45, 7) is 7.31. The summed E-state index contributed by atoms with van der Waals surface area (Å²) in [4.78, 5) is 66.5. The van der Waals surface area contributed by atoms with Crippen molar-refractivity contribution < 1.29 is 48.5 Å². The quantitative estimate of drug-likeness (QED) is 0.348. The molecule has 134 valence electrons. The van der Waals surface area contributed by atoms with E-state index in [2.05, 4.69) is 22.6 Å². The Morgan fingerprint density at radius 1 is 0.800 bits per heavy atom. The molecule has 0 spiro atoms. The molecule has 0 unspecified atom stereocenters. The zero-order chi connectivity index (χ0) is 19.7. The van der Waals surface area contributed by atoms with Gasteiger partial charge in [0.15, 0.2) is 0 Å². The second kappa shape index (κ2) is 9.55. The third-order valence-corrected chi connectivity index (χ3v) is 2.34. The van der Waals surface area contributed by atoms with E-state index in [0.717, 1.165) is 6.92 Å². The number of aliphatic carboxylic acids is 2. The van der Waals surface area contributed by atoms with Crippen LogP contribution in [-0.4, -0.2) is 46.0 Å². The van der Waals surface area contributed by atoms with Crippen LogP contribution in [0.25, 0.3) is 0 Å². The number of hydrogen-bond donors (Lipinski definition) is 2. The van der Waals surface area contributed by atoms with Gasteiger partial charge in [0.25, 0.3) is 0 Å². The summed E-state index contributed by atoms with van der Waals surface area (Å²) in [7, 11) is 0. The summed E-state index contributed by atoms with van der Waals surface area (Å²) < 4.78 is 8.52. The van der Waals surface area contributed by atoms with E-state index in [4.69, 9.17) is 10.2 Å². The minimum absolute atomic E-state index is 0.432. The van der Waals surface area contributed by atoms with E-state index < -0.39 is 65.4 Å². The Balaban J connectivity index is 4.73. The Kier molecular flexibility index (Phi) is 8.19. The molecule has 0 aliphatic rings. The number of rotatable bonds is 8. The molecule has 0 fully saturated rings. The van der Waals surface area contributed by atoms with Crippen molar-refractivity contribution in [1.29, 1.82) is 0 Å². The van der Waals surface area contributed by atoms with Gasteiger partial charge in [-0.1, -0.05) is 13.2 Å². The highest BCUT2D eigenvalue weighted by Crippen LogP contribution is 2.06. The van der Waals surface area contributed by atoms with Crippen LogP contribution in [0.2, 0.25) is 0 Å². The molecule has 0 radical (unpaired) electrons. The number of esters is 4. The van der Waals surface area contributed by atoms with Gasteiger partial charge in [0.2, 0.25) is 0 Å². The van der Waals surface area contributed by atoms with Gasteiger partial charge in [0, 0.05) is 22.8 Å². The SMILES string of the molecule is C=C(CC(=O)O)C(=O)OC(=O)/C=C(/C)C(=O)OC(=O)C(=C)CC(=O)O. The fraction of sp³-hybridized carbons (Fsp3) is 0.200. The van der Waals surface area contributed by atoms with Gasteiger partial charge in [0.1, 0.15) is 0 Å². The van der Waals surface area contributed by atoms with Gasteiger partial charge in [-0.05, 0) is 6.92 Å². The number of hydrogen-bond acceptors (Lipinski definition) is 8. The number of carboxylic acid groups (broad SMARTS) is 2. The molecule has 25 heavy (non-hydrogen) atoms. The lowest BCUT2D eigenvalue weighted by Gasteiger charge is -2.04. The van der Waals surface area contributed by atoms with Crippen molar-refractivity contribution in [2.45, 2.75) is 19.8 Å². The van der Waals surface area contributed by atoms with Crippen molar-refractivity contribution >= 4 is 35.8 Å². The molecule has 10 heteroatoms. The molecule has 0 atom stereocenters. The Labute approximate surface area is 141 Å². The summed E-state index contributed by atoms with van der Waals surface area (Å²) in [6, 6.07) is 0. The van der Waals surface area contributed by atoms with E-state index in [1.807, 2.05) is 0 Å². The molecular weight excluding hydrogens is 340 g/mol. The monoisotopic (exact) mass is 354 g/mol. The third kappa shape index (κ3) is 8.59. The summed E-state index contributed by atoms with van der Waals surface area (Å²) in [6.07, 6.45) is -0.949. The second-order valence-electron chi connectivity index (χ2n) is 4.56. The lowest BCUT2D eigenvalue weighted by atomic mass is 10.2. The molecule has 0 heterocycles. The van der Waals surface area contributed by atoms with Crippen LogP contribution in [0.1, 0.15) is 19.8 Å². The van der Waals surface area contributed by atoms with E-state index in [9.17, 15) is 28.8 Å². The van der Waals surface area contributed by atoms with Gasteiger partial charge in [-0.2, -0.15) is 0 Å². The molecule has 0 aliphatic heterocycles. The predicted molar refractivity (Wildman–Crippen MR) is 78.7 cm³/mol. The Morgan fingerprint density at radius 3 is 1.60 bits per heavy atom. The van der Waals surface area contributed by atoms with E-state index >= 15 is 0 Å². The molecule has 0 aromatic rings. The molecule has 0 aromatic carbocycles. The molecule has 0 saturated carbocycles. The number of ether oxygens (including phenoxy) is 2. The highest BCUT2D eigenvalue weighted by atomic mass is 16.6. The summed E-state index contributed by atoms with van der Waals surface area (Å²) in [5.74, 6) is -7.90. The maximum atomic E-state index is 11.6. The first kappa shape index (κ1) is 21.4. The van der Waals surface area contributed by atoms with Crippen LogP contribution < -0.4 is 0 Å². The first-order valence-corrected chi connectivity index (χ1v) is 6.44. The molecule has 2 N–H and O–H groups in total. The minimum atomic E-state index is -1.36. The first-order valence-electron chi connectivity index (χ1n) is 6.44. The number of carbonyl (C=O) groups is 6. The van der Waals surface area contributed by atoms with Gasteiger partial charge < -0.3 is 19.7 Å². The van der Waals surface area contributed by atoms with Crippen LogP contribution in [0.3, 0.4) is 0 Å². The average Bonchev–Trinajstić information content (AvgIpc) is 2.45. The van der Waals surface area contributed by atoms with E-state index in [1.54, 1.807) is 0 Å². The highest BCUT2D eigenvalue weighted by Gasteiger charge is 2.20. The number of carbonyl (C=O) groups excluding carboxylic acids is 4. The van der Waals surface area contributed by atoms with Gasteiger partial charge in [-0.25, -0.2) is 19.2 Å². The van der Waals surface area contributed by atoms with Crippen LogP contribution in [-0.2, 0) is 38.2 Å². The highest BCUT2D eigenvalue weighted by molar-refractivity contribution is 6.07. The van der Waals surface area contributed by atoms with Gasteiger partial charge >= 0.3 is 35.8 Å². The lowest BCUT2D eigenvalue weighted by molar-refractivity contribution is -0.157. The van der Waals surface area contributed by atoms with E-state index in [-0.39, 0.29) is 0 Å². The Bertz CT molecular complexity index is 695. The van der Waals surface area contributed by atoms with Crippen molar-refractivity contribution in [3.8, 4) is 0 Å². The maximum Gasteiger partial charge on any atom is 0.341 e. The van der Waals surface area contributed by atoms with Crippen LogP contribution in [0.5, 0.6) is 0 Å². The van der Waals surface area contributed by atoms with Crippen molar-refractivity contribution in [2.24, 2.45) is 0 Å². The van der Waals surface area contributed by atoms with Crippen LogP contribution in [0, 0.1) is 0 Å². The fourth-order valence-corrected chi connectivity index (χ4v) is 1.17. The predicted octanol–water partition coefficient (Wildman–Crippen LogP) is 0.134. The molecule has 0 saturated heterocycles. The first-order chi connectivity index (χ1) is 11.4. The lowest BCUT2D eigenvalue weighted by Crippen LogP contribution is -2.18. The van der Waals surface area contributed by atoms with Crippen LogP contribution in [0.4, 0.5) is 0 Å². The summed E-state index contributed by atoms with van der Waals surface area (Å²) in [5.41, 5.74) is -1.41. The van der Waals surface area contributed by atoms with E-state index in [0.29, 0.717) is 6.08 Å². The normalized spacial score (nSPS) is 10.4. The molecule has 0 rings (SSSR count). The van der Waals surface area contributed by atoms with Gasteiger partial charge in [0.05, 0.1) is 12.8 Å². The van der Waals surface area contributed by atoms with Gasteiger partial charge in [-0.3, -0.25) is 9.59 Å². The molecule has 0 amide bonds. The topological polar surface area (TPSA) is 161 Å². The maximum absolute atomic E-state index is 11.6. The summed E-state index contributed by atoms with van der Waals surface area (Å²) >= 11 is 0. The van der Waals surface area contributed by atoms with Crippen molar-refractivity contribution in [3.63, 3.8) is 0 Å². The van der Waals surface area contributed by atoms with Crippen molar-refractivity contribution in [1.82, 2.24) is 0 Å². The standard InChI is InChI=1S/C15H14O10/c1-7(4-10(16)17)13(21)24-12(20)6-9(3)15(23)25-14(22)8(2)5-11(18)19/h6H,1-2,4-5H2,3H3,(H,16,17)(H,18,19)/b9-6-. The van der Waals surface area contributed by atoms with Gasteiger partial charge in [-0.15, -0.1) is 0 Å².